The summed E-state index contributed by atoms with van der Waals surface area (Å²) in [6.07, 6.45) is -4.31. The molecule has 2 nitrogen and oxygen atoms in total. The Morgan fingerprint density at radius 1 is 0.950 bits per heavy atom. The average Bonchev–Trinajstić information content (AvgIpc) is 2.45. The third kappa shape index (κ3) is 3.74. The van der Waals surface area contributed by atoms with Gasteiger partial charge < -0.3 is 10.5 Å². The van der Waals surface area contributed by atoms with Crippen molar-refractivity contribution in [1.29, 1.82) is 0 Å². The lowest BCUT2D eigenvalue weighted by Crippen LogP contribution is -2.05. The summed E-state index contributed by atoms with van der Waals surface area (Å²) < 4.78 is 42.8. The Hall–Kier alpha value is -2.01. The van der Waals surface area contributed by atoms with E-state index >= 15 is 0 Å². The van der Waals surface area contributed by atoms with Gasteiger partial charge in [0, 0.05) is 6.54 Å². The van der Waals surface area contributed by atoms with Gasteiger partial charge in [0.05, 0.1) is 5.56 Å². The molecular formula is C15H14F3NO. The highest BCUT2D eigenvalue weighted by Gasteiger charge is 2.29. The second kappa shape index (κ2) is 5.96. The summed E-state index contributed by atoms with van der Waals surface area (Å²) in [5.41, 5.74) is 6.48. The molecule has 0 atom stereocenters. The third-order valence-corrected chi connectivity index (χ3v) is 2.82. The number of hydrogen-bond donors (Lipinski definition) is 1. The van der Waals surface area contributed by atoms with Crippen molar-refractivity contribution in [3.8, 4) is 5.75 Å². The Balaban J connectivity index is 2.00. The predicted octanol–water partition coefficient (Wildman–Crippen LogP) is 3.74. The first kappa shape index (κ1) is 14.4. The molecule has 20 heavy (non-hydrogen) atoms. The molecule has 0 amide bonds. The van der Waals surface area contributed by atoms with Crippen LogP contribution in [0.25, 0.3) is 0 Å². The van der Waals surface area contributed by atoms with E-state index < -0.39 is 11.7 Å². The molecule has 2 aromatic rings. The van der Waals surface area contributed by atoms with Gasteiger partial charge >= 0.3 is 6.18 Å². The van der Waals surface area contributed by atoms with E-state index in [2.05, 4.69) is 0 Å². The van der Waals surface area contributed by atoms with Crippen molar-refractivity contribution in [1.82, 2.24) is 0 Å². The first-order chi connectivity index (χ1) is 9.49. The van der Waals surface area contributed by atoms with E-state index in [1.807, 2.05) is 18.2 Å². The molecule has 0 spiro atoms. The summed E-state index contributed by atoms with van der Waals surface area (Å²) in [4.78, 5) is 0. The number of ether oxygens (including phenoxy) is 1. The van der Waals surface area contributed by atoms with Crippen LogP contribution in [-0.4, -0.2) is 0 Å². The minimum atomic E-state index is -4.31. The third-order valence-electron chi connectivity index (χ3n) is 2.82. The Labute approximate surface area is 115 Å². The second-order valence-electron chi connectivity index (χ2n) is 4.33. The molecule has 0 radical (unpaired) electrons. The molecule has 0 aliphatic carbocycles. The van der Waals surface area contributed by atoms with Gasteiger partial charge in [-0.3, -0.25) is 0 Å². The standard InChI is InChI=1S/C15H14F3NO/c16-15(17,18)13-6-4-11(5-7-13)10-20-14-3-1-2-12(8-14)9-19/h1-8H,9-10,19H2. The Bertz CT molecular complexity index is 564. The van der Waals surface area contributed by atoms with Crippen LogP contribution in [0.4, 0.5) is 13.2 Å². The molecule has 2 aromatic carbocycles. The summed E-state index contributed by atoms with van der Waals surface area (Å²) in [7, 11) is 0. The van der Waals surface area contributed by atoms with Crippen molar-refractivity contribution in [2.24, 2.45) is 5.73 Å². The molecule has 5 heteroatoms. The molecule has 2 rings (SSSR count). The molecule has 0 fully saturated rings. The van der Waals surface area contributed by atoms with Gasteiger partial charge in [0.1, 0.15) is 12.4 Å². The summed E-state index contributed by atoms with van der Waals surface area (Å²) in [6.45, 7) is 0.629. The highest BCUT2D eigenvalue weighted by atomic mass is 19.4. The first-order valence-corrected chi connectivity index (χ1v) is 6.07. The quantitative estimate of drug-likeness (QED) is 0.926. The fourth-order valence-corrected chi connectivity index (χ4v) is 1.72. The van der Waals surface area contributed by atoms with Gasteiger partial charge in [-0.25, -0.2) is 0 Å². The Morgan fingerprint density at radius 3 is 2.25 bits per heavy atom. The van der Waals surface area contributed by atoms with Crippen molar-refractivity contribution in [2.45, 2.75) is 19.3 Å². The Kier molecular flexibility index (Phi) is 4.29. The summed E-state index contributed by atoms with van der Waals surface area (Å²) in [5.74, 6) is 0.646. The van der Waals surface area contributed by atoms with Crippen LogP contribution < -0.4 is 10.5 Å². The lowest BCUT2D eigenvalue weighted by atomic mass is 10.1. The molecule has 0 aliphatic rings. The molecular weight excluding hydrogens is 267 g/mol. The van der Waals surface area contributed by atoms with Crippen LogP contribution in [0.3, 0.4) is 0 Å². The molecule has 0 saturated heterocycles. The summed E-state index contributed by atoms with van der Waals surface area (Å²) in [6, 6.07) is 12.2. The van der Waals surface area contributed by atoms with Gasteiger partial charge in [-0.2, -0.15) is 13.2 Å². The van der Waals surface area contributed by atoms with Gasteiger partial charge in [-0.1, -0.05) is 24.3 Å². The number of benzene rings is 2. The monoisotopic (exact) mass is 281 g/mol. The fraction of sp³-hybridized carbons (Fsp3) is 0.200. The summed E-state index contributed by atoms with van der Waals surface area (Å²) in [5, 5.41) is 0. The van der Waals surface area contributed by atoms with Gasteiger partial charge in [0.25, 0.3) is 0 Å². The minimum absolute atomic E-state index is 0.214. The number of rotatable bonds is 4. The highest BCUT2D eigenvalue weighted by molar-refractivity contribution is 5.29. The van der Waals surface area contributed by atoms with Crippen LogP contribution in [-0.2, 0) is 19.3 Å². The summed E-state index contributed by atoms with van der Waals surface area (Å²) >= 11 is 0. The normalized spacial score (nSPS) is 11.4. The van der Waals surface area contributed by atoms with E-state index in [1.165, 1.54) is 12.1 Å². The zero-order valence-electron chi connectivity index (χ0n) is 10.7. The zero-order valence-corrected chi connectivity index (χ0v) is 10.7. The molecule has 0 heterocycles. The molecule has 2 N–H and O–H groups in total. The van der Waals surface area contributed by atoms with Gasteiger partial charge in [0.2, 0.25) is 0 Å². The SMILES string of the molecule is NCc1cccc(OCc2ccc(C(F)(F)F)cc2)c1. The molecule has 0 aliphatic heterocycles. The van der Waals surface area contributed by atoms with E-state index in [4.69, 9.17) is 10.5 Å². The number of nitrogens with two attached hydrogens (primary N) is 1. The van der Waals surface area contributed by atoms with E-state index in [0.717, 1.165) is 17.7 Å². The van der Waals surface area contributed by atoms with E-state index in [-0.39, 0.29) is 6.61 Å². The van der Waals surface area contributed by atoms with Crippen molar-refractivity contribution in [2.75, 3.05) is 0 Å². The number of alkyl halides is 3. The molecule has 0 unspecified atom stereocenters. The molecule has 0 bridgehead atoms. The Morgan fingerprint density at radius 2 is 1.65 bits per heavy atom. The van der Waals surface area contributed by atoms with Gasteiger partial charge in [-0.15, -0.1) is 0 Å². The molecule has 0 aromatic heterocycles. The van der Waals surface area contributed by atoms with Gasteiger partial charge in [-0.05, 0) is 35.4 Å². The lowest BCUT2D eigenvalue weighted by Gasteiger charge is -2.09. The van der Waals surface area contributed by atoms with Crippen molar-refractivity contribution >= 4 is 0 Å². The number of halogens is 3. The smallest absolute Gasteiger partial charge is 0.416 e. The average molecular weight is 281 g/mol. The maximum Gasteiger partial charge on any atom is 0.416 e. The second-order valence-corrected chi connectivity index (χ2v) is 4.33. The van der Waals surface area contributed by atoms with Gasteiger partial charge in [0.15, 0.2) is 0 Å². The minimum Gasteiger partial charge on any atom is -0.489 e. The van der Waals surface area contributed by atoms with E-state index in [0.29, 0.717) is 17.9 Å². The van der Waals surface area contributed by atoms with Crippen LogP contribution in [0.1, 0.15) is 16.7 Å². The molecule has 106 valence electrons. The van der Waals surface area contributed by atoms with Crippen molar-refractivity contribution < 1.29 is 17.9 Å². The predicted molar refractivity (Wildman–Crippen MR) is 70.1 cm³/mol. The lowest BCUT2D eigenvalue weighted by molar-refractivity contribution is -0.137. The van der Waals surface area contributed by atoms with Crippen molar-refractivity contribution in [3.63, 3.8) is 0 Å². The van der Waals surface area contributed by atoms with Crippen LogP contribution >= 0.6 is 0 Å². The van der Waals surface area contributed by atoms with Crippen LogP contribution in [0.2, 0.25) is 0 Å². The zero-order chi connectivity index (χ0) is 14.6. The fourth-order valence-electron chi connectivity index (χ4n) is 1.72. The van der Waals surface area contributed by atoms with Crippen LogP contribution in [0, 0.1) is 0 Å². The highest BCUT2D eigenvalue weighted by Crippen LogP contribution is 2.29. The van der Waals surface area contributed by atoms with Crippen LogP contribution in [0.5, 0.6) is 5.75 Å². The van der Waals surface area contributed by atoms with E-state index in [1.54, 1.807) is 6.07 Å². The first-order valence-electron chi connectivity index (χ1n) is 6.07. The largest absolute Gasteiger partial charge is 0.489 e. The maximum absolute atomic E-state index is 12.4. The topological polar surface area (TPSA) is 35.2 Å². The van der Waals surface area contributed by atoms with E-state index in [9.17, 15) is 13.2 Å². The number of hydrogen-bond acceptors (Lipinski definition) is 2. The van der Waals surface area contributed by atoms with Crippen molar-refractivity contribution in [3.05, 3.63) is 65.2 Å². The maximum atomic E-state index is 12.4. The van der Waals surface area contributed by atoms with Crippen LogP contribution in [0.15, 0.2) is 48.5 Å². The molecule has 0 saturated carbocycles.